The number of rotatable bonds is 7. The minimum absolute atomic E-state index is 0.131. The second kappa shape index (κ2) is 8.19. The molecule has 0 atom stereocenters. The molecule has 0 aliphatic heterocycles. The van der Waals surface area contributed by atoms with Crippen molar-refractivity contribution in [3.05, 3.63) is 24.0 Å². The van der Waals surface area contributed by atoms with Gasteiger partial charge in [-0.1, -0.05) is 25.2 Å². The largest absolute Gasteiger partial charge is 0.445 e. The standard InChI is InChI=1S/C14H20N4O2S2/c1-4-6-18(3)14(19)17-13-16-8-12(22-13)21-9-11-15-7-10(5-2)20-11/h7-8H,4-6,9H2,1-3H3,(H,16,17,19). The number of oxazole rings is 1. The van der Waals surface area contributed by atoms with Gasteiger partial charge in [0.15, 0.2) is 5.13 Å². The molecule has 0 radical (unpaired) electrons. The first kappa shape index (κ1) is 16.8. The number of anilines is 1. The molecule has 2 rings (SSSR count). The monoisotopic (exact) mass is 340 g/mol. The molecule has 2 aromatic rings. The number of aryl methyl sites for hydroxylation is 1. The highest BCUT2D eigenvalue weighted by Gasteiger charge is 2.11. The molecule has 0 aromatic carbocycles. The van der Waals surface area contributed by atoms with Crippen LogP contribution in [0.1, 0.15) is 31.9 Å². The second-order valence-electron chi connectivity index (χ2n) is 4.70. The van der Waals surface area contributed by atoms with Crippen molar-refractivity contribution >= 4 is 34.3 Å². The molecular weight excluding hydrogens is 320 g/mol. The normalized spacial score (nSPS) is 10.7. The Labute approximate surface area is 138 Å². The topological polar surface area (TPSA) is 71.3 Å². The molecule has 22 heavy (non-hydrogen) atoms. The number of hydrogen-bond donors (Lipinski definition) is 1. The number of nitrogens with zero attached hydrogens (tertiary/aromatic N) is 3. The van der Waals surface area contributed by atoms with Gasteiger partial charge in [0.05, 0.1) is 22.4 Å². The van der Waals surface area contributed by atoms with Crippen molar-refractivity contribution < 1.29 is 9.21 Å². The highest BCUT2D eigenvalue weighted by atomic mass is 32.2. The first-order chi connectivity index (χ1) is 10.6. The zero-order chi connectivity index (χ0) is 15.9. The molecule has 2 amide bonds. The van der Waals surface area contributed by atoms with E-state index in [1.54, 1.807) is 36.1 Å². The van der Waals surface area contributed by atoms with Gasteiger partial charge in [-0.05, 0) is 6.42 Å². The van der Waals surface area contributed by atoms with Crippen molar-refractivity contribution in [1.29, 1.82) is 0 Å². The van der Waals surface area contributed by atoms with Gasteiger partial charge < -0.3 is 9.32 Å². The fraction of sp³-hybridized carbons (Fsp3) is 0.500. The summed E-state index contributed by atoms with van der Waals surface area (Å²) < 4.78 is 6.58. The quantitative estimate of drug-likeness (QED) is 0.775. The summed E-state index contributed by atoms with van der Waals surface area (Å²) in [5, 5.41) is 3.41. The third-order valence-corrected chi connectivity index (χ3v) is 4.98. The molecule has 0 bridgehead atoms. The predicted octanol–water partition coefficient (Wildman–Crippen LogP) is 3.86. The summed E-state index contributed by atoms with van der Waals surface area (Å²) in [4.78, 5) is 22.0. The fourth-order valence-corrected chi connectivity index (χ4v) is 3.43. The number of aromatic nitrogens is 2. The van der Waals surface area contributed by atoms with Crippen molar-refractivity contribution in [2.75, 3.05) is 18.9 Å². The second-order valence-corrected chi connectivity index (χ2v) is 7.00. The average Bonchev–Trinajstić information content (AvgIpc) is 3.14. The van der Waals surface area contributed by atoms with Crippen LogP contribution in [0.5, 0.6) is 0 Å². The maximum atomic E-state index is 11.9. The van der Waals surface area contributed by atoms with Gasteiger partial charge in [0.2, 0.25) is 5.89 Å². The van der Waals surface area contributed by atoms with Crippen LogP contribution in [0.15, 0.2) is 21.0 Å². The van der Waals surface area contributed by atoms with Crippen LogP contribution in [0.2, 0.25) is 0 Å². The maximum absolute atomic E-state index is 11.9. The number of urea groups is 1. The van der Waals surface area contributed by atoms with Gasteiger partial charge >= 0.3 is 6.03 Å². The number of nitrogens with one attached hydrogen (secondary N) is 1. The molecule has 0 fully saturated rings. The van der Waals surface area contributed by atoms with Crippen molar-refractivity contribution in [1.82, 2.24) is 14.9 Å². The number of hydrogen-bond acceptors (Lipinski definition) is 6. The Hall–Kier alpha value is -1.54. The van der Waals surface area contributed by atoms with Gasteiger partial charge in [0.1, 0.15) is 5.76 Å². The highest BCUT2D eigenvalue weighted by Crippen LogP contribution is 2.30. The summed E-state index contributed by atoms with van der Waals surface area (Å²) in [6.07, 6.45) is 5.30. The molecule has 1 N–H and O–H groups in total. The summed E-state index contributed by atoms with van der Waals surface area (Å²) >= 11 is 3.05. The Bertz CT molecular complexity index is 612. The minimum Gasteiger partial charge on any atom is -0.445 e. The SMILES string of the molecule is CCCN(C)C(=O)Nc1ncc(SCc2ncc(CC)o2)s1. The molecule has 0 saturated heterocycles. The number of carbonyl (C=O) groups is 1. The van der Waals surface area contributed by atoms with E-state index in [0.29, 0.717) is 16.8 Å². The van der Waals surface area contributed by atoms with E-state index in [1.807, 2.05) is 13.8 Å². The number of thiazole rings is 1. The minimum atomic E-state index is -0.131. The van der Waals surface area contributed by atoms with Gasteiger partial charge in [0.25, 0.3) is 0 Å². The molecular formula is C14H20N4O2S2. The highest BCUT2D eigenvalue weighted by molar-refractivity contribution is 8.00. The van der Waals surface area contributed by atoms with E-state index < -0.39 is 0 Å². The molecule has 0 spiro atoms. The Kier molecular flexibility index (Phi) is 6.26. The lowest BCUT2D eigenvalue weighted by molar-refractivity contribution is 0.222. The van der Waals surface area contributed by atoms with Gasteiger partial charge in [-0.3, -0.25) is 5.32 Å². The van der Waals surface area contributed by atoms with E-state index >= 15 is 0 Å². The third-order valence-electron chi connectivity index (χ3n) is 2.89. The Balaban J connectivity index is 1.84. The smallest absolute Gasteiger partial charge is 0.323 e. The average molecular weight is 340 g/mol. The first-order valence-electron chi connectivity index (χ1n) is 7.16. The van der Waals surface area contributed by atoms with Crippen molar-refractivity contribution in [3.63, 3.8) is 0 Å². The molecule has 0 aliphatic rings. The number of carbonyl (C=O) groups excluding carboxylic acids is 1. The molecule has 2 aromatic heterocycles. The Morgan fingerprint density at radius 2 is 2.23 bits per heavy atom. The van der Waals surface area contributed by atoms with E-state index in [2.05, 4.69) is 15.3 Å². The van der Waals surface area contributed by atoms with Crippen molar-refractivity contribution in [3.8, 4) is 0 Å². The van der Waals surface area contributed by atoms with Crippen LogP contribution in [-0.4, -0.2) is 34.5 Å². The lowest BCUT2D eigenvalue weighted by atomic mass is 10.4. The molecule has 120 valence electrons. The molecule has 8 heteroatoms. The summed E-state index contributed by atoms with van der Waals surface area (Å²) in [5.41, 5.74) is 0. The fourth-order valence-electron chi connectivity index (χ4n) is 1.72. The van der Waals surface area contributed by atoms with E-state index in [-0.39, 0.29) is 6.03 Å². The van der Waals surface area contributed by atoms with Crippen molar-refractivity contribution in [2.45, 2.75) is 36.7 Å². The molecule has 0 aliphatic carbocycles. The predicted molar refractivity (Wildman–Crippen MR) is 89.5 cm³/mol. The van der Waals surface area contributed by atoms with E-state index in [9.17, 15) is 4.79 Å². The zero-order valence-electron chi connectivity index (χ0n) is 13.0. The molecule has 0 unspecified atom stereocenters. The first-order valence-corrected chi connectivity index (χ1v) is 8.96. The van der Waals surface area contributed by atoms with Crippen molar-refractivity contribution in [2.24, 2.45) is 0 Å². The van der Waals surface area contributed by atoms with Crippen LogP contribution in [0.3, 0.4) is 0 Å². The molecule has 0 saturated carbocycles. The lowest BCUT2D eigenvalue weighted by Gasteiger charge is -2.15. The molecule has 2 heterocycles. The Morgan fingerprint density at radius 3 is 2.91 bits per heavy atom. The summed E-state index contributed by atoms with van der Waals surface area (Å²) in [6.45, 7) is 4.79. The van der Waals surface area contributed by atoms with Crippen LogP contribution >= 0.6 is 23.1 Å². The van der Waals surface area contributed by atoms with Gasteiger partial charge in [-0.2, -0.15) is 0 Å². The maximum Gasteiger partial charge on any atom is 0.323 e. The number of amides is 2. The van der Waals surface area contributed by atoms with Crippen LogP contribution < -0.4 is 5.32 Å². The van der Waals surface area contributed by atoms with Crippen LogP contribution in [0.25, 0.3) is 0 Å². The third kappa shape index (κ3) is 4.74. The number of thioether (sulfide) groups is 1. The molecule has 6 nitrogen and oxygen atoms in total. The summed E-state index contributed by atoms with van der Waals surface area (Å²) in [5.74, 6) is 2.26. The zero-order valence-corrected chi connectivity index (χ0v) is 14.6. The summed E-state index contributed by atoms with van der Waals surface area (Å²) in [6, 6.07) is -0.131. The van der Waals surface area contributed by atoms with Gasteiger partial charge in [-0.15, -0.1) is 11.8 Å². The van der Waals surface area contributed by atoms with E-state index in [4.69, 9.17) is 4.42 Å². The van der Waals surface area contributed by atoms with Crippen LogP contribution in [0, 0.1) is 0 Å². The van der Waals surface area contributed by atoms with Crippen LogP contribution in [0.4, 0.5) is 9.93 Å². The summed E-state index contributed by atoms with van der Waals surface area (Å²) in [7, 11) is 1.77. The Morgan fingerprint density at radius 1 is 1.41 bits per heavy atom. The van der Waals surface area contributed by atoms with Crippen LogP contribution in [-0.2, 0) is 12.2 Å². The van der Waals surface area contributed by atoms with E-state index in [0.717, 1.165) is 29.4 Å². The van der Waals surface area contributed by atoms with E-state index in [1.165, 1.54) is 11.3 Å². The van der Waals surface area contributed by atoms with Gasteiger partial charge in [0, 0.05) is 20.0 Å². The lowest BCUT2D eigenvalue weighted by Crippen LogP contribution is -2.31. The van der Waals surface area contributed by atoms with Gasteiger partial charge in [-0.25, -0.2) is 14.8 Å².